The van der Waals surface area contributed by atoms with E-state index in [-0.39, 0.29) is 5.91 Å². The monoisotopic (exact) mass is 290 g/mol. The van der Waals surface area contributed by atoms with Crippen molar-refractivity contribution in [1.82, 2.24) is 9.88 Å². The Kier molecular flexibility index (Phi) is 5.56. The van der Waals surface area contributed by atoms with Crippen LogP contribution in [0.5, 0.6) is 0 Å². The minimum atomic E-state index is 0.0978. The molecule has 0 spiro atoms. The number of carbonyl (C=O) groups is 1. The van der Waals surface area contributed by atoms with E-state index in [1.54, 1.807) is 6.07 Å². The van der Waals surface area contributed by atoms with Gasteiger partial charge in [0.2, 0.25) is 0 Å². The Balaban J connectivity index is 2.25. The zero-order chi connectivity index (χ0) is 15.2. The predicted octanol–water partition coefficient (Wildman–Crippen LogP) is 2.72. The van der Waals surface area contributed by atoms with Crippen molar-refractivity contribution in [1.29, 1.82) is 0 Å². The van der Waals surface area contributed by atoms with Gasteiger partial charge in [0.05, 0.1) is 0 Å². The van der Waals surface area contributed by atoms with Crippen LogP contribution in [0.15, 0.2) is 12.1 Å². The second-order valence-electron chi connectivity index (χ2n) is 5.66. The molecule has 116 valence electrons. The van der Waals surface area contributed by atoms with Crippen molar-refractivity contribution in [2.24, 2.45) is 5.84 Å². The fourth-order valence-electron chi connectivity index (χ4n) is 3.12. The first kappa shape index (κ1) is 15.8. The van der Waals surface area contributed by atoms with E-state index in [1.165, 1.54) is 12.8 Å². The molecule has 0 aliphatic heterocycles. The topological polar surface area (TPSA) is 71.2 Å². The van der Waals surface area contributed by atoms with Crippen molar-refractivity contribution >= 4 is 11.7 Å². The number of nitrogens with zero attached hydrogens (tertiary/aromatic N) is 2. The Bertz CT molecular complexity index is 483. The van der Waals surface area contributed by atoms with Crippen LogP contribution >= 0.6 is 0 Å². The fourth-order valence-corrected chi connectivity index (χ4v) is 3.12. The predicted molar refractivity (Wildman–Crippen MR) is 85.0 cm³/mol. The number of hydrogen-bond donors (Lipinski definition) is 2. The van der Waals surface area contributed by atoms with Crippen LogP contribution in [0, 0.1) is 0 Å². The van der Waals surface area contributed by atoms with Crippen LogP contribution in [-0.4, -0.2) is 28.4 Å². The molecule has 1 fully saturated rings. The van der Waals surface area contributed by atoms with Gasteiger partial charge in [0, 0.05) is 23.8 Å². The van der Waals surface area contributed by atoms with Gasteiger partial charge in [0.25, 0.3) is 5.91 Å². The highest BCUT2D eigenvalue weighted by molar-refractivity contribution is 5.95. The molecule has 3 N–H and O–H groups in total. The molecule has 0 radical (unpaired) electrons. The highest BCUT2D eigenvalue weighted by Crippen LogP contribution is 2.25. The Morgan fingerprint density at radius 2 is 2.10 bits per heavy atom. The van der Waals surface area contributed by atoms with Crippen molar-refractivity contribution in [3.05, 3.63) is 23.4 Å². The third-order valence-electron chi connectivity index (χ3n) is 4.15. The van der Waals surface area contributed by atoms with Gasteiger partial charge in [-0.3, -0.25) is 4.79 Å². The highest BCUT2D eigenvalue weighted by Gasteiger charge is 2.26. The Morgan fingerprint density at radius 1 is 1.38 bits per heavy atom. The lowest BCUT2D eigenvalue weighted by Crippen LogP contribution is -2.38. The van der Waals surface area contributed by atoms with Crippen molar-refractivity contribution in [2.45, 2.75) is 58.4 Å². The Labute approximate surface area is 126 Å². The normalized spacial score (nSPS) is 15.2. The molecule has 1 aliphatic carbocycles. The third kappa shape index (κ3) is 3.73. The molecule has 1 aromatic heterocycles. The van der Waals surface area contributed by atoms with E-state index in [2.05, 4.69) is 17.3 Å². The number of hydrogen-bond acceptors (Lipinski definition) is 4. The SMILES string of the molecule is CCCc1cc(C(=O)N(CC)C2CCCC2)cc(NN)n1. The lowest BCUT2D eigenvalue weighted by Gasteiger charge is -2.28. The van der Waals surface area contributed by atoms with Gasteiger partial charge in [-0.15, -0.1) is 0 Å². The second-order valence-corrected chi connectivity index (χ2v) is 5.66. The lowest BCUT2D eigenvalue weighted by atomic mass is 10.1. The molecule has 1 aliphatic rings. The summed E-state index contributed by atoms with van der Waals surface area (Å²) in [6, 6.07) is 4.04. The standard InChI is InChI=1S/C16H26N4O/c1-3-7-13-10-12(11-15(18-13)19-17)16(21)20(4-2)14-8-5-6-9-14/h10-11,14H,3-9,17H2,1-2H3,(H,18,19). The van der Waals surface area contributed by atoms with Crippen LogP contribution in [0.3, 0.4) is 0 Å². The van der Waals surface area contributed by atoms with Crippen LogP contribution in [0.1, 0.15) is 62.0 Å². The number of nitrogens with one attached hydrogen (secondary N) is 1. The molecule has 1 amide bonds. The molecule has 1 aromatic rings. The molecule has 0 saturated heterocycles. The molecule has 0 unspecified atom stereocenters. The highest BCUT2D eigenvalue weighted by atomic mass is 16.2. The number of hydrazine groups is 1. The molecule has 1 saturated carbocycles. The van der Waals surface area contributed by atoms with Gasteiger partial charge >= 0.3 is 0 Å². The number of aromatic nitrogens is 1. The Morgan fingerprint density at radius 3 is 2.67 bits per heavy atom. The molecule has 5 heteroatoms. The van der Waals surface area contributed by atoms with Crippen LogP contribution in [0.25, 0.3) is 0 Å². The molecule has 1 heterocycles. The van der Waals surface area contributed by atoms with Crippen LogP contribution in [0.2, 0.25) is 0 Å². The maximum absolute atomic E-state index is 12.8. The summed E-state index contributed by atoms with van der Waals surface area (Å²) in [5, 5.41) is 0. The van der Waals surface area contributed by atoms with E-state index in [1.807, 2.05) is 17.9 Å². The average molecular weight is 290 g/mol. The van der Waals surface area contributed by atoms with Crippen molar-refractivity contribution < 1.29 is 4.79 Å². The zero-order valence-electron chi connectivity index (χ0n) is 13.1. The first-order valence-corrected chi connectivity index (χ1v) is 7.98. The number of rotatable bonds is 6. The molecule has 21 heavy (non-hydrogen) atoms. The molecule has 5 nitrogen and oxygen atoms in total. The maximum atomic E-state index is 12.8. The number of anilines is 1. The average Bonchev–Trinajstić information content (AvgIpc) is 3.02. The van der Waals surface area contributed by atoms with Gasteiger partial charge in [-0.2, -0.15) is 0 Å². The van der Waals surface area contributed by atoms with Gasteiger partial charge in [-0.25, -0.2) is 10.8 Å². The van der Waals surface area contributed by atoms with E-state index < -0.39 is 0 Å². The van der Waals surface area contributed by atoms with E-state index >= 15 is 0 Å². The zero-order valence-corrected chi connectivity index (χ0v) is 13.1. The first-order chi connectivity index (χ1) is 10.2. The van der Waals surface area contributed by atoms with Crippen molar-refractivity contribution in [3.8, 4) is 0 Å². The number of nitrogen functional groups attached to an aromatic ring is 1. The summed E-state index contributed by atoms with van der Waals surface area (Å²) in [5.74, 6) is 6.14. The molecule has 0 atom stereocenters. The van der Waals surface area contributed by atoms with Gasteiger partial charge < -0.3 is 10.3 Å². The number of nitrogens with two attached hydrogens (primary N) is 1. The van der Waals surface area contributed by atoms with Gasteiger partial charge in [0.15, 0.2) is 0 Å². The van der Waals surface area contributed by atoms with E-state index in [0.29, 0.717) is 17.4 Å². The number of aryl methyl sites for hydroxylation is 1. The summed E-state index contributed by atoms with van der Waals surface area (Å²) in [7, 11) is 0. The number of amides is 1. The molecular weight excluding hydrogens is 264 g/mol. The number of carbonyl (C=O) groups excluding carboxylic acids is 1. The first-order valence-electron chi connectivity index (χ1n) is 7.98. The summed E-state index contributed by atoms with van der Waals surface area (Å²) in [6.07, 6.45) is 6.53. The minimum Gasteiger partial charge on any atom is -0.336 e. The van der Waals surface area contributed by atoms with Crippen LogP contribution in [0.4, 0.5) is 5.82 Å². The van der Waals surface area contributed by atoms with Crippen molar-refractivity contribution in [3.63, 3.8) is 0 Å². The number of pyridine rings is 1. The summed E-state index contributed by atoms with van der Waals surface area (Å²) < 4.78 is 0. The minimum absolute atomic E-state index is 0.0978. The van der Waals surface area contributed by atoms with Crippen molar-refractivity contribution in [2.75, 3.05) is 12.0 Å². The largest absolute Gasteiger partial charge is 0.336 e. The van der Waals surface area contributed by atoms with Gasteiger partial charge in [-0.05, 0) is 38.3 Å². The third-order valence-corrected chi connectivity index (χ3v) is 4.15. The van der Waals surface area contributed by atoms with E-state index in [4.69, 9.17) is 5.84 Å². The fraction of sp³-hybridized carbons (Fsp3) is 0.625. The summed E-state index contributed by atoms with van der Waals surface area (Å²) in [5.41, 5.74) is 4.17. The maximum Gasteiger partial charge on any atom is 0.254 e. The summed E-state index contributed by atoms with van der Waals surface area (Å²) >= 11 is 0. The second kappa shape index (κ2) is 7.41. The van der Waals surface area contributed by atoms with E-state index in [9.17, 15) is 4.79 Å². The summed E-state index contributed by atoms with van der Waals surface area (Å²) in [4.78, 5) is 19.2. The van der Waals surface area contributed by atoms with Gasteiger partial charge in [-0.1, -0.05) is 26.2 Å². The molecule has 0 aromatic carbocycles. The van der Waals surface area contributed by atoms with Crippen LogP contribution in [-0.2, 0) is 6.42 Å². The smallest absolute Gasteiger partial charge is 0.254 e. The van der Waals surface area contributed by atoms with E-state index in [0.717, 1.165) is 37.9 Å². The molecule has 0 bridgehead atoms. The van der Waals surface area contributed by atoms with Crippen LogP contribution < -0.4 is 11.3 Å². The quantitative estimate of drug-likeness (QED) is 0.624. The summed E-state index contributed by atoms with van der Waals surface area (Å²) in [6.45, 7) is 4.90. The molecule has 2 rings (SSSR count). The lowest BCUT2D eigenvalue weighted by molar-refractivity contribution is 0.0693. The Hall–Kier alpha value is -1.62. The molecular formula is C16H26N4O. The van der Waals surface area contributed by atoms with Gasteiger partial charge in [0.1, 0.15) is 5.82 Å².